The van der Waals surface area contributed by atoms with Gasteiger partial charge in [0.25, 0.3) is 0 Å². The molecule has 0 unspecified atom stereocenters. The largest absolute Gasteiger partial charge is 0.341 e. The first-order valence-corrected chi connectivity index (χ1v) is 6.74. The molecule has 0 saturated carbocycles. The second-order valence-electron chi connectivity index (χ2n) is 4.67. The monoisotopic (exact) mass is 314 g/mol. The Morgan fingerprint density at radius 1 is 0.905 bits per heavy atom. The maximum Gasteiger partial charge on any atom is 0.230 e. The van der Waals surface area contributed by atoms with Gasteiger partial charge in [0, 0.05) is 19.2 Å². The lowest BCUT2D eigenvalue weighted by molar-refractivity contribution is 0.496. The third-order valence-electron chi connectivity index (χ3n) is 3.24. The van der Waals surface area contributed by atoms with E-state index in [4.69, 9.17) is 11.6 Å². The van der Waals surface area contributed by atoms with Crippen LogP contribution in [0.4, 0.5) is 19.1 Å². The Kier molecular flexibility index (Phi) is 3.67. The molecule has 0 aliphatic carbocycles. The van der Waals surface area contributed by atoms with Gasteiger partial charge in [-0.25, -0.2) is 13.2 Å². The van der Waals surface area contributed by atoms with E-state index in [1.807, 2.05) is 4.90 Å². The Morgan fingerprint density at radius 3 is 2.29 bits per heavy atom. The molecule has 0 N–H and O–H groups in total. The van der Waals surface area contributed by atoms with Crippen LogP contribution in [0, 0.1) is 17.5 Å². The third-order valence-corrected chi connectivity index (χ3v) is 3.41. The highest BCUT2D eigenvalue weighted by molar-refractivity contribution is 6.28. The Labute approximate surface area is 123 Å². The minimum absolute atomic E-state index is 0.117. The molecule has 1 aliphatic heterocycles. The van der Waals surface area contributed by atoms with Crippen LogP contribution in [0.25, 0.3) is 11.4 Å². The van der Waals surface area contributed by atoms with Crippen molar-refractivity contribution in [3.05, 3.63) is 34.9 Å². The second kappa shape index (κ2) is 5.48. The van der Waals surface area contributed by atoms with Gasteiger partial charge in [0.05, 0.1) is 5.56 Å². The van der Waals surface area contributed by atoms with Gasteiger partial charge < -0.3 is 4.90 Å². The van der Waals surface area contributed by atoms with Crippen molar-refractivity contribution in [2.75, 3.05) is 18.0 Å². The average Bonchev–Trinajstić information content (AvgIpc) is 2.96. The van der Waals surface area contributed by atoms with Gasteiger partial charge in [0.2, 0.25) is 11.2 Å². The van der Waals surface area contributed by atoms with E-state index in [0.717, 1.165) is 25.9 Å². The number of nitrogens with zero attached hydrogens (tertiary/aromatic N) is 4. The number of aromatic nitrogens is 3. The molecule has 1 saturated heterocycles. The Bertz CT molecular complexity index is 689. The lowest BCUT2D eigenvalue weighted by Crippen LogP contribution is -2.21. The molecule has 21 heavy (non-hydrogen) atoms. The molecule has 4 nitrogen and oxygen atoms in total. The zero-order valence-corrected chi connectivity index (χ0v) is 11.5. The lowest BCUT2D eigenvalue weighted by Gasteiger charge is -2.15. The molecule has 1 aromatic heterocycles. The topological polar surface area (TPSA) is 41.9 Å². The smallest absolute Gasteiger partial charge is 0.230 e. The molecule has 1 fully saturated rings. The van der Waals surface area contributed by atoms with Gasteiger partial charge in [-0.3, -0.25) is 0 Å². The molecule has 2 aromatic rings. The van der Waals surface area contributed by atoms with Gasteiger partial charge in [-0.2, -0.15) is 15.0 Å². The van der Waals surface area contributed by atoms with Gasteiger partial charge in [0.1, 0.15) is 5.82 Å². The van der Waals surface area contributed by atoms with Crippen LogP contribution in [0.1, 0.15) is 12.8 Å². The molecule has 1 aliphatic rings. The summed E-state index contributed by atoms with van der Waals surface area (Å²) in [5, 5.41) is -0.119. The van der Waals surface area contributed by atoms with Crippen molar-refractivity contribution < 1.29 is 13.2 Å². The van der Waals surface area contributed by atoms with Crippen molar-refractivity contribution in [3.63, 3.8) is 0 Å². The maximum absolute atomic E-state index is 13.8. The summed E-state index contributed by atoms with van der Waals surface area (Å²) in [4.78, 5) is 13.8. The summed E-state index contributed by atoms with van der Waals surface area (Å²) in [6.07, 6.45) is 2.00. The summed E-state index contributed by atoms with van der Waals surface area (Å²) >= 11 is 5.82. The number of hydrogen-bond acceptors (Lipinski definition) is 4. The fourth-order valence-electron chi connectivity index (χ4n) is 2.21. The third kappa shape index (κ3) is 2.78. The number of halogens is 4. The molecule has 3 rings (SSSR count). The molecule has 1 aromatic carbocycles. The fourth-order valence-corrected chi connectivity index (χ4v) is 2.37. The summed E-state index contributed by atoms with van der Waals surface area (Å²) in [7, 11) is 0. The number of hydrogen-bond donors (Lipinski definition) is 0. The van der Waals surface area contributed by atoms with Crippen LogP contribution < -0.4 is 4.90 Å². The van der Waals surface area contributed by atoms with Crippen LogP contribution >= 0.6 is 11.6 Å². The molecule has 110 valence electrons. The lowest BCUT2D eigenvalue weighted by atomic mass is 10.2. The fraction of sp³-hybridized carbons (Fsp3) is 0.308. The molecule has 0 amide bonds. The van der Waals surface area contributed by atoms with Gasteiger partial charge in [-0.05, 0) is 30.5 Å². The Morgan fingerprint density at radius 2 is 1.57 bits per heavy atom. The van der Waals surface area contributed by atoms with Crippen LogP contribution in [-0.2, 0) is 0 Å². The van der Waals surface area contributed by atoms with Crippen LogP contribution in [0.2, 0.25) is 5.28 Å². The van der Waals surface area contributed by atoms with Crippen molar-refractivity contribution in [1.29, 1.82) is 0 Å². The van der Waals surface area contributed by atoms with Crippen molar-refractivity contribution in [3.8, 4) is 11.4 Å². The summed E-state index contributed by atoms with van der Waals surface area (Å²) in [5.41, 5.74) is -0.251. The average molecular weight is 315 g/mol. The van der Waals surface area contributed by atoms with E-state index < -0.39 is 17.5 Å². The van der Waals surface area contributed by atoms with E-state index in [1.54, 1.807) is 0 Å². The van der Waals surface area contributed by atoms with Crippen molar-refractivity contribution in [2.45, 2.75) is 12.8 Å². The van der Waals surface area contributed by atoms with E-state index in [2.05, 4.69) is 15.0 Å². The van der Waals surface area contributed by atoms with E-state index in [1.165, 1.54) is 0 Å². The van der Waals surface area contributed by atoms with Crippen LogP contribution in [-0.4, -0.2) is 28.0 Å². The van der Waals surface area contributed by atoms with E-state index >= 15 is 0 Å². The van der Waals surface area contributed by atoms with E-state index in [-0.39, 0.29) is 16.7 Å². The molecular weight excluding hydrogens is 305 g/mol. The van der Waals surface area contributed by atoms with Gasteiger partial charge in [-0.1, -0.05) is 0 Å². The highest BCUT2D eigenvalue weighted by atomic mass is 35.5. The molecule has 0 radical (unpaired) electrons. The highest BCUT2D eigenvalue weighted by Crippen LogP contribution is 2.25. The van der Waals surface area contributed by atoms with E-state index in [9.17, 15) is 13.2 Å². The number of benzene rings is 1. The molecule has 0 spiro atoms. The predicted octanol–water partition coefficient (Wildman–Crippen LogP) is 3.21. The van der Waals surface area contributed by atoms with Crippen LogP contribution in [0.3, 0.4) is 0 Å². The van der Waals surface area contributed by atoms with Crippen molar-refractivity contribution >= 4 is 17.5 Å². The molecular formula is C13H10ClF3N4. The Balaban J connectivity index is 2.08. The van der Waals surface area contributed by atoms with Gasteiger partial charge in [-0.15, -0.1) is 0 Å². The first-order valence-electron chi connectivity index (χ1n) is 6.36. The molecule has 2 heterocycles. The van der Waals surface area contributed by atoms with Gasteiger partial charge >= 0.3 is 0 Å². The Hall–Kier alpha value is -1.89. The first-order chi connectivity index (χ1) is 10.0. The zero-order valence-electron chi connectivity index (χ0n) is 10.8. The van der Waals surface area contributed by atoms with Gasteiger partial charge in [0.15, 0.2) is 17.5 Å². The summed E-state index contributed by atoms with van der Waals surface area (Å²) in [6, 6.07) is 1.17. The zero-order chi connectivity index (χ0) is 15.0. The van der Waals surface area contributed by atoms with Crippen LogP contribution in [0.5, 0.6) is 0 Å². The minimum Gasteiger partial charge on any atom is -0.341 e. The summed E-state index contributed by atoms with van der Waals surface area (Å²) in [6.45, 7) is 1.53. The van der Waals surface area contributed by atoms with Crippen molar-refractivity contribution in [2.24, 2.45) is 0 Å². The van der Waals surface area contributed by atoms with E-state index in [0.29, 0.717) is 18.1 Å². The van der Waals surface area contributed by atoms with Crippen LogP contribution in [0.15, 0.2) is 12.1 Å². The number of rotatable bonds is 2. The number of anilines is 1. The molecule has 0 atom stereocenters. The highest BCUT2D eigenvalue weighted by Gasteiger charge is 2.20. The summed E-state index contributed by atoms with van der Waals surface area (Å²) in [5.74, 6) is -3.20. The summed E-state index contributed by atoms with van der Waals surface area (Å²) < 4.78 is 40.1. The standard InChI is InChI=1S/C13H10ClF3N4/c14-12-18-11(7-5-9(16)10(17)6-8(7)15)19-13(20-12)21-3-1-2-4-21/h5-6H,1-4H2. The quantitative estimate of drug-likeness (QED) is 0.798. The minimum atomic E-state index is -1.27. The molecule has 0 bridgehead atoms. The molecule has 8 heteroatoms. The first kappa shape index (κ1) is 14.1. The predicted molar refractivity (Wildman–Crippen MR) is 71.6 cm³/mol. The SMILES string of the molecule is Fc1cc(F)c(-c2nc(Cl)nc(N3CCCC3)n2)cc1F. The second-order valence-corrected chi connectivity index (χ2v) is 5.01. The van der Waals surface area contributed by atoms with Crippen molar-refractivity contribution in [1.82, 2.24) is 15.0 Å². The maximum atomic E-state index is 13.8. The normalized spacial score (nSPS) is 14.8.